The van der Waals surface area contributed by atoms with Gasteiger partial charge in [0.2, 0.25) is 0 Å². The number of nitrogens with zero attached hydrogens (tertiary/aromatic N) is 2. The van der Waals surface area contributed by atoms with Gasteiger partial charge in [-0.1, -0.05) is 11.6 Å². The van der Waals surface area contributed by atoms with Crippen molar-refractivity contribution in [2.75, 3.05) is 11.9 Å². The molecular formula is C22H15ClFN3O4S. The van der Waals surface area contributed by atoms with Crippen LogP contribution in [0.4, 0.5) is 9.39 Å². The first-order valence-electron chi connectivity index (χ1n) is 9.43. The second-order valence-corrected chi connectivity index (χ2v) is 7.89. The summed E-state index contributed by atoms with van der Waals surface area (Å²) in [5, 5.41) is 9.51. The molecule has 0 saturated heterocycles. The molecule has 4 aromatic rings. The number of anilines is 1. The summed E-state index contributed by atoms with van der Waals surface area (Å²) in [4.78, 5) is 38.5. The molecule has 2 aromatic heterocycles. The Hall–Kier alpha value is -3.56. The third kappa shape index (κ3) is 4.12. The number of fused-ring (bicyclic) bond motifs is 1. The molecule has 32 heavy (non-hydrogen) atoms. The van der Waals surface area contributed by atoms with E-state index in [0.717, 1.165) is 16.0 Å². The van der Waals surface area contributed by atoms with E-state index in [4.69, 9.17) is 16.3 Å². The quantitative estimate of drug-likeness (QED) is 0.427. The number of hydrogen-bond acceptors (Lipinski definition) is 6. The van der Waals surface area contributed by atoms with Crippen molar-refractivity contribution < 1.29 is 18.7 Å². The van der Waals surface area contributed by atoms with Gasteiger partial charge in [-0.25, -0.2) is 9.18 Å². The molecule has 0 bridgehead atoms. The van der Waals surface area contributed by atoms with E-state index in [-0.39, 0.29) is 33.8 Å². The minimum Gasteiger partial charge on any atom is -0.461 e. The van der Waals surface area contributed by atoms with Crippen molar-refractivity contribution in [1.29, 1.82) is 0 Å². The van der Waals surface area contributed by atoms with Crippen LogP contribution >= 0.6 is 22.9 Å². The summed E-state index contributed by atoms with van der Waals surface area (Å²) in [6.07, 6.45) is 0. The Morgan fingerprint density at radius 2 is 1.84 bits per heavy atom. The molecule has 0 aliphatic carbocycles. The third-order valence-electron chi connectivity index (χ3n) is 4.53. The van der Waals surface area contributed by atoms with Crippen LogP contribution in [-0.2, 0) is 4.74 Å². The lowest BCUT2D eigenvalue weighted by Gasteiger charge is -2.10. The Morgan fingerprint density at radius 1 is 1.16 bits per heavy atom. The average molecular weight is 472 g/mol. The molecule has 2 aromatic carbocycles. The number of hydrogen-bond donors (Lipinski definition) is 1. The van der Waals surface area contributed by atoms with Gasteiger partial charge < -0.3 is 10.1 Å². The van der Waals surface area contributed by atoms with Gasteiger partial charge in [-0.05, 0) is 55.5 Å². The van der Waals surface area contributed by atoms with E-state index < -0.39 is 23.3 Å². The number of aromatic nitrogens is 2. The van der Waals surface area contributed by atoms with Crippen molar-refractivity contribution in [3.8, 4) is 5.69 Å². The molecule has 0 atom stereocenters. The number of ether oxygens (including phenoxy) is 1. The van der Waals surface area contributed by atoms with Gasteiger partial charge in [0.15, 0.2) is 5.69 Å². The van der Waals surface area contributed by atoms with Crippen LogP contribution in [0.1, 0.15) is 27.8 Å². The highest BCUT2D eigenvalue weighted by Gasteiger charge is 2.23. The van der Waals surface area contributed by atoms with Crippen molar-refractivity contribution in [3.05, 3.63) is 86.4 Å². The third-order valence-corrected chi connectivity index (χ3v) is 5.67. The van der Waals surface area contributed by atoms with Crippen LogP contribution in [-0.4, -0.2) is 28.3 Å². The first kappa shape index (κ1) is 21.7. The standard InChI is InChI=1S/C22H15ClFN3O4S/c1-2-31-22(30)18-16-11-32-20(25-19(28)12-3-5-13(23)6-4-12)17(16)21(29)27(26-18)15-9-7-14(24)8-10-15/h3-11H,2H2,1H3,(H,25,28). The predicted molar refractivity (Wildman–Crippen MR) is 121 cm³/mol. The van der Waals surface area contributed by atoms with Gasteiger partial charge in [0.05, 0.1) is 17.7 Å². The second kappa shape index (κ2) is 8.89. The van der Waals surface area contributed by atoms with Crippen molar-refractivity contribution in [2.24, 2.45) is 0 Å². The van der Waals surface area contributed by atoms with Crippen LogP contribution in [0, 0.1) is 5.82 Å². The Balaban J connectivity index is 1.87. The molecule has 1 N–H and O–H groups in total. The maximum atomic E-state index is 13.4. The van der Waals surface area contributed by atoms with Gasteiger partial charge in [-0.2, -0.15) is 9.78 Å². The van der Waals surface area contributed by atoms with E-state index in [2.05, 4.69) is 10.4 Å². The lowest BCUT2D eigenvalue weighted by molar-refractivity contribution is 0.0520. The van der Waals surface area contributed by atoms with Crippen LogP contribution in [0.25, 0.3) is 16.5 Å². The number of amides is 1. The fourth-order valence-corrected chi connectivity index (χ4v) is 4.08. The first-order valence-corrected chi connectivity index (χ1v) is 10.7. The van der Waals surface area contributed by atoms with Gasteiger partial charge in [-0.3, -0.25) is 9.59 Å². The number of benzene rings is 2. The zero-order chi connectivity index (χ0) is 22.8. The lowest BCUT2D eigenvalue weighted by Crippen LogP contribution is -2.25. The van der Waals surface area contributed by atoms with E-state index >= 15 is 0 Å². The smallest absolute Gasteiger partial charge is 0.359 e. The maximum Gasteiger partial charge on any atom is 0.359 e. The first-order chi connectivity index (χ1) is 15.4. The second-order valence-electron chi connectivity index (χ2n) is 6.58. The predicted octanol–water partition coefficient (Wildman–Crippen LogP) is 4.67. The summed E-state index contributed by atoms with van der Waals surface area (Å²) in [5.41, 5.74) is -0.0687. The van der Waals surface area contributed by atoms with Gasteiger partial charge in [0.1, 0.15) is 10.8 Å². The fraction of sp³-hybridized carbons (Fsp3) is 0.0909. The van der Waals surface area contributed by atoms with E-state index in [1.165, 1.54) is 24.3 Å². The molecule has 0 fully saturated rings. The number of esters is 1. The normalized spacial score (nSPS) is 10.8. The monoisotopic (exact) mass is 471 g/mol. The SMILES string of the molecule is CCOC(=O)c1nn(-c2ccc(F)cc2)c(=O)c2c(NC(=O)c3ccc(Cl)cc3)scc12. The average Bonchev–Trinajstić information content (AvgIpc) is 3.19. The van der Waals surface area contributed by atoms with Crippen molar-refractivity contribution in [1.82, 2.24) is 9.78 Å². The molecular weight excluding hydrogens is 457 g/mol. The number of thiophene rings is 1. The topological polar surface area (TPSA) is 90.3 Å². The molecule has 0 unspecified atom stereocenters. The molecule has 2 heterocycles. The lowest BCUT2D eigenvalue weighted by atomic mass is 10.2. The number of halogens is 2. The molecule has 1 amide bonds. The Labute approximate surface area is 190 Å². The van der Waals surface area contributed by atoms with Crippen molar-refractivity contribution in [3.63, 3.8) is 0 Å². The van der Waals surface area contributed by atoms with Gasteiger partial charge in [0, 0.05) is 21.4 Å². The summed E-state index contributed by atoms with van der Waals surface area (Å²) in [6, 6.07) is 11.3. The minimum absolute atomic E-state index is 0.0889. The summed E-state index contributed by atoms with van der Waals surface area (Å²) in [7, 11) is 0. The summed E-state index contributed by atoms with van der Waals surface area (Å²) < 4.78 is 19.4. The summed E-state index contributed by atoms with van der Waals surface area (Å²) in [6.45, 7) is 1.76. The number of carbonyl (C=O) groups is 2. The molecule has 4 rings (SSSR count). The van der Waals surface area contributed by atoms with E-state index in [0.29, 0.717) is 10.6 Å². The molecule has 162 valence electrons. The highest BCUT2D eigenvalue weighted by atomic mass is 35.5. The van der Waals surface area contributed by atoms with E-state index in [1.54, 1.807) is 36.6 Å². The molecule has 0 radical (unpaired) electrons. The number of nitrogens with one attached hydrogen (secondary N) is 1. The fourth-order valence-electron chi connectivity index (χ4n) is 3.03. The molecule has 7 nitrogen and oxygen atoms in total. The van der Waals surface area contributed by atoms with Crippen LogP contribution in [0.2, 0.25) is 5.02 Å². The number of rotatable bonds is 5. The van der Waals surface area contributed by atoms with Crippen LogP contribution in [0.5, 0.6) is 0 Å². The van der Waals surface area contributed by atoms with Gasteiger partial charge >= 0.3 is 5.97 Å². The molecule has 0 spiro atoms. The highest BCUT2D eigenvalue weighted by molar-refractivity contribution is 7.16. The zero-order valence-electron chi connectivity index (χ0n) is 16.6. The van der Waals surface area contributed by atoms with E-state index in [1.807, 2.05) is 0 Å². The zero-order valence-corrected chi connectivity index (χ0v) is 18.2. The number of carbonyl (C=O) groups excluding carboxylic acids is 2. The van der Waals surface area contributed by atoms with Crippen molar-refractivity contribution in [2.45, 2.75) is 6.92 Å². The van der Waals surface area contributed by atoms with Crippen molar-refractivity contribution >= 4 is 50.6 Å². The van der Waals surface area contributed by atoms with Crippen LogP contribution < -0.4 is 10.9 Å². The van der Waals surface area contributed by atoms with E-state index in [9.17, 15) is 18.8 Å². The van der Waals surface area contributed by atoms with Gasteiger partial charge in [0.25, 0.3) is 11.5 Å². The summed E-state index contributed by atoms with van der Waals surface area (Å²) in [5.74, 6) is -1.66. The molecule has 0 aliphatic rings. The minimum atomic E-state index is -0.721. The Kier molecular flexibility index (Phi) is 6.02. The Morgan fingerprint density at radius 3 is 2.50 bits per heavy atom. The molecule has 0 saturated carbocycles. The molecule has 0 aliphatic heterocycles. The largest absolute Gasteiger partial charge is 0.461 e. The van der Waals surface area contributed by atoms with Crippen LogP contribution in [0.3, 0.4) is 0 Å². The van der Waals surface area contributed by atoms with Gasteiger partial charge in [-0.15, -0.1) is 11.3 Å². The molecule has 10 heteroatoms. The highest BCUT2D eigenvalue weighted by Crippen LogP contribution is 2.31. The summed E-state index contributed by atoms with van der Waals surface area (Å²) >= 11 is 6.95. The Bertz CT molecular complexity index is 1380. The maximum absolute atomic E-state index is 13.4. The van der Waals surface area contributed by atoms with Crippen LogP contribution in [0.15, 0.2) is 58.7 Å².